The van der Waals surface area contributed by atoms with Gasteiger partial charge in [-0.2, -0.15) is 0 Å². The number of carbonyl (C=O) groups excluding carboxylic acids is 1. The Morgan fingerprint density at radius 2 is 1.88 bits per heavy atom. The number of benzene rings is 1. The third-order valence-corrected chi connectivity index (χ3v) is 6.25. The normalized spacial score (nSPS) is 26.0. The topological polar surface area (TPSA) is 54.3 Å². The lowest BCUT2D eigenvalue weighted by atomic mass is 9.82. The Hall–Kier alpha value is -2.14. The predicted molar refractivity (Wildman–Crippen MR) is 104 cm³/mol. The molecule has 5 nitrogen and oxygen atoms in total. The van der Waals surface area contributed by atoms with Gasteiger partial charge in [-0.1, -0.05) is 18.6 Å². The Bertz CT molecular complexity index is 874. The van der Waals surface area contributed by atoms with Crippen LogP contribution in [0, 0.1) is 0 Å². The molecule has 2 saturated heterocycles. The zero-order valence-electron chi connectivity index (χ0n) is 15.6. The molecule has 138 valence electrons. The fraction of sp³-hybridized carbons (Fsp3) is 0.524. The highest BCUT2D eigenvalue weighted by atomic mass is 16.2. The van der Waals surface area contributed by atoms with Crippen molar-refractivity contribution in [3.05, 3.63) is 46.2 Å². The van der Waals surface area contributed by atoms with Gasteiger partial charge in [0, 0.05) is 36.3 Å². The SMILES string of the molecule is CCn1cc(C(=O)NC2CC3CCCC(C2)N3C)c(=O)c2ccccc21. The Kier molecular flexibility index (Phi) is 4.57. The van der Waals surface area contributed by atoms with Crippen LogP contribution in [0.5, 0.6) is 0 Å². The van der Waals surface area contributed by atoms with Gasteiger partial charge >= 0.3 is 0 Å². The highest BCUT2D eigenvalue weighted by Gasteiger charge is 2.36. The molecule has 0 radical (unpaired) electrons. The number of para-hydroxylation sites is 1. The summed E-state index contributed by atoms with van der Waals surface area (Å²) in [5, 5.41) is 3.78. The number of amides is 1. The van der Waals surface area contributed by atoms with Crippen molar-refractivity contribution in [2.45, 2.75) is 63.7 Å². The molecule has 1 aromatic carbocycles. The van der Waals surface area contributed by atoms with Crippen LogP contribution in [0.3, 0.4) is 0 Å². The molecule has 3 heterocycles. The number of hydrogen-bond donors (Lipinski definition) is 1. The van der Waals surface area contributed by atoms with Crippen molar-refractivity contribution in [3.8, 4) is 0 Å². The summed E-state index contributed by atoms with van der Waals surface area (Å²) >= 11 is 0. The van der Waals surface area contributed by atoms with Crippen LogP contribution in [0.1, 0.15) is 49.4 Å². The third kappa shape index (κ3) is 2.94. The molecule has 2 aliphatic heterocycles. The summed E-state index contributed by atoms with van der Waals surface area (Å²) in [4.78, 5) is 28.2. The lowest BCUT2D eigenvalue weighted by Gasteiger charge is -2.47. The van der Waals surface area contributed by atoms with Gasteiger partial charge in [-0.15, -0.1) is 0 Å². The lowest BCUT2D eigenvalue weighted by molar-refractivity contribution is 0.0462. The number of fused-ring (bicyclic) bond motifs is 3. The van der Waals surface area contributed by atoms with Crippen LogP contribution in [-0.4, -0.2) is 40.5 Å². The van der Waals surface area contributed by atoms with Crippen molar-refractivity contribution < 1.29 is 4.79 Å². The van der Waals surface area contributed by atoms with E-state index in [-0.39, 0.29) is 22.9 Å². The molecule has 26 heavy (non-hydrogen) atoms. The minimum atomic E-state index is -0.226. The van der Waals surface area contributed by atoms with Gasteiger partial charge in [-0.05, 0) is 51.8 Å². The number of pyridine rings is 1. The molecule has 0 saturated carbocycles. The van der Waals surface area contributed by atoms with Crippen LogP contribution >= 0.6 is 0 Å². The van der Waals surface area contributed by atoms with Crippen molar-refractivity contribution >= 4 is 16.8 Å². The Balaban J connectivity index is 1.61. The van der Waals surface area contributed by atoms with Gasteiger partial charge in [0.2, 0.25) is 5.43 Å². The van der Waals surface area contributed by atoms with Crippen molar-refractivity contribution in [1.82, 2.24) is 14.8 Å². The average Bonchev–Trinajstić information content (AvgIpc) is 2.63. The molecule has 2 fully saturated rings. The van der Waals surface area contributed by atoms with E-state index in [2.05, 4.69) is 17.3 Å². The molecule has 2 bridgehead atoms. The van der Waals surface area contributed by atoms with E-state index in [1.165, 1.54) is 19.3 Å². The first-order valence-electron chi connectivity index (χ1n) is 9.73. The molecule has 1 aromatic heterocycles. The number of aryl methyl sites for hydroxylation is 1. The minimum absolute atomic E-state index is 0.162. The van der Waals surface area contributed by atoms with Crippen LogP contribution < -0.4 is 10.7 Å². The number of carbonyl (C=O) groups is 1. The molecule has 4 rings (SSSR count). The Morgan fingerprint density at radius 3 is 2.58 bits per heavy atom. The summed E-state index contributed by atoms with van der Waals surface area (Å²) in [5.41, 5.74) is 0.968. The van der Waals surface area contributed by atoms with E-state index in [1.807, 2.05) is 29.7 Å². The Labute approximate surface area is 154 Å². The second-order valence-electron chi connectivity index (χ2n) is 7.72. The number of rotatable bonds is 3. The van der Waals surface area contributed by atoms with Gasteiger partial charge < -0.3 is 14.8 Å². The second kappa shape index (κ2) is 6.88. The maximum absolute atomic E-state index is 12.9. The van der Waals surface area contributed by atoms with Crippen molar-refractivity contribution in [1.29, 1.82) is 0 Å². The van der Waals surface area contributed by atoms with Crippen molar-refractivity contribution in [2.24, 2.45) is 0 Å². The minimum Gasteiger partial charge on any atom is -0.349 e. The van der Waals surface area contributed by atoms with E-state index >= 15 is 0 Å². The number of nitrogens with one attached hydrogen (secondary N) is 1. The predicted octanol–water partition coefficient (Wildman–Crippen LogP) is 2.77. The summed E-state index contributed by atoms with van der Waals surface area (Å²) in [6.07, 6.45) is 7.38. The summed E-state index contributed by atoms with van der Waals surface area (Å²) in [5.74, 6) is -0.226. The van der Waals surface area contributed by atoms with Crippen LogP contribution in [0.2, 0.25) is 0 Å². The highest BCUT2D eigenvalue weighted by Crippen LogP contribution is 2.32. The molecular weight excluding hydrogens is 326 g/mol. The van der Waals surface area contributed by atoms with E-state index < -0.39 is 0 Å². The summed E-state index contributed by atoms with van der Waals surface area (Å²) in [7, 11) is 2.20. The molecule has 2 aromatic rings. The molecule has 1 amide bonds. The van der Waals surface area contributed by atoms with Crippen LogP contribution in [0.25, 0.3) is 10.9 Å². The summed E-state index contributed by atoms with van der Waals surface area (Å²) in [6, 6.07) is 8.78. The van der Waals surface area contributed by atoms with Gasteiger partial charge in [-0.3, -0.25) is 9.59 Å². The zero-order valence-corrected chi connectivity index (χ0v) is 15.6. The quantitative estimate of drug-likeness (QED) is 0.923. The average molecular weight is 353 g/mol. The third-order valence-electron chi connectivity index (χ3n) is 6.25. The Morgan fingerprint density at radius 1 is 1.19 bits per heavy atom. The van der Waals surface area contributed by atoms with E-state index in [0.29, 0.717) is 17.5 Å². The second-order valence-corrected chi connectivity index (χ2v) is 7.72. The zero-order chi connectivity index (χ0) is 18.3. The molecular formula is C21H27N3O2. The highest BCUT2D eigenvalue weighted by molar-refractivity contribution is 5.97. The fourth-order valence-electron chi connectivity index (χ4n) is 4.77. The van der Waals surface area contributed by atoms with E-state index in [4.69, 9.17) is 0 Å². The van der Waals surface area contributed by atoms with Gasteiger partial charge in [0.05, 0.1) is 5.52 Å². The number of hydrogen-bond acceptors (Lipinski definition) is 3. The molecule has 1 N–H and O–H groups in total. The van der Waals surface area contributed by atoms with Crippen LogP contribution in [-0.2, 0) is 6.54 Å². The molecule has 0 aliphatic carbocycles. The van der Waals surface area contributed by atoms with Gasteiger partial charge in [-0.25, -0.2) is 0 Å². The van der Waals surface area contributed by atoms with Crippen LogP contribution in [0.4, 0.5) is 0 Å². The first-order chi connectivity index (χ1) is 12.6. The maximum Gasteiger partial charge on any atom is 0.256 e. The molecule has 2 unspecified atom stereocenters. The molecule has 2 aliphatic rings. The van der Waals surface area contributed by atoms with Crippen LogP contribution in [0.15, 0.2) is 35.3 Å². The standard InChI is InChI=1S/C21H27N3O2/c1-3-24-13-18(20(25)17-9-4-5-10-19(17)24)21(26)22-14-11-15-7-6-8-16(12-14)23(15)2/h4-5,9-10,13-16H,3,6-8,11-12H2,1-2H3,(H,22,26). The van der Waals surface area contributed by atoms with Crippen molar-refractivity contribution in [3.63, 3.8) is 0 Å². The number of piperidine rings is 2. The first kappa shape index (κ1) is 17.3. The van der Waals surface area contributed by atoms with E-state index in [1.54, 1.807) is 12.3 Å². The van der Waals surface area contributed by atoms with Gasteiger partial charge in [0.1, 0.15) is 5.56 Å². The number of nitrogens with zero attached hydrogens (tertiary/aromatic N) is 2. The molecule has 0 spiro atoms. The fourth-order valence-corrected chi connectivity index (χ4v) is 4.77. The summed E-state index contributed by atoms with van der Waals surface area (Å²) in [6.45, 7) is 2.75. The van der Waals surface area contributed by atoms with Gasteiger partial charge in [0.25, 0.3) is 5.91 Å². The largest absolute Gasteiger partial charge is 0.349 e. The molecule has 5 heteroatoms. The molecule has 2 atom stereocenters. The first-order valence-corrected chi connectivity index (χ1v) is 9.73. The smallest absolute Gasteiger partial charge is 0.256 e. The van der Waals surface area contributed by atoms with Crippen molar-refractivity contribution in [2.75, 3.05) is 7.05 Å². The monoisotopic (exact) mass is 353 g/mol. The van der Waals surface area contributed by atoms with Gasteiger partial charge in [0.15, 0.2) is 0 Å². The number of aromatic nitrogens is 1. The van der Waals surface area contributed by atoms with E-state index in [0.717, 1.165) is 24.9 Å². The summed E-state index contributed by atoms with van der Waals surface area (Å²) < 4.78 is 1.98. The maximum atomic E-state index is 12.9. The van der Waals surface area contributed by atoms with E-state index in [9.17, 15) is 9.59 Å². The lowest BCUT2D eigenvalue weighted by Crippen LogP contribution is -2.55.